The van der Waals surface area contributed by atoms with Crippen LogP contribution in [0.2, 0.25) is 0 Å². The molecule has 1 atom stereocenters. The van der Waals surface area contributed by atoms with Gasteiger partial charge in [0.15, 0.2) is 0 Å². The smallest absolute Gasteiger partial charge is 0.295 e. The van der Waals surface area contributed by atoms with Crippen molar-refractivity contribution in [2.45, 2.75) is 44.7 Å². The molecule has 1 saturated carbocycles. The minimum absolute atomic E-state index is 0.0344. The number of amides is 1. The summed E-state index contributed by atoms with van der Waals surface area (Å²) in [7, 11) is 0. The van der Waals surface area contributed by atoms with E-state index in [9.17, 15) is 19.1 Å². The standard InChI is InChI=1S/C24H24FNO4/c1-2-30-19-9-5-6-16(14-19)21-20(22(27)15-10-12-17(25)13-11-15)23(28)24(29)26(21)18-7-3-4-8-18/h5-6,9-14,18,21,27H,2-4,7-8H2,1H3/b22-20-. The normalized spacial score (nSPS) is 21.4. The first kappa shape index (κ1) is 20.1. The molecule has 2 fully saturated rings. The minimum atomic E-state index is -0.712. The number of rotatable bonds is 5. The molecule has 5 nitrogen and oxygen atoms in total. The number of ether oxygens (including phenoxy) is 1. The molecule has 30 heavy (non-hydrogen) atoms. The molecule has 6 heteroatoms. The van der Waals surface area contributed by atoms with Gasteiger partial charge in [0.05, 0.1) is 18.2 Å². The second-order valence-electron chi connectivity index (χ2n) is 7.66. The molecule has 2 aromatic rings. The van der Waals surface area contributed by atoms with Crippen molar-refractivity contribution in [1.29, 1.82) is 0 Å². The Hall–Kier alpha value is -3.15. The van der Waals surface area contributed by atoms with Gasteiger partial charge >= 0.3 is 0 Å². The molecule has 2 aromatic carbocycles. The van der Waals surface area contributed by atoms with E-state index in [-0.39, 0.29) is 17.4 Å². The Balaban J connectivity index is 1.87. The van der Waals surface area contributed by atoms with E-state index in [1.54, 1.807) is 11.0 Å². The molecule has 4 rings (SSSR count). The third kappa shape index (κ3) is 3.58. The van der Waals surface area contributed by atoms with Gasteiger partial charge in [-0.1, -0.05) is 25.0 Å². The number of likely N-dealkylation sites (tertiary alicyclic amines) is 1. The molecule has 0 radical (unpaired) electrons. The Labute approximate surface area is 174 Å². The Kier molecular flexibility index (Phi) is 5.57. The first-order valence-electron chi connectivity index (χ1n) is 10.3. The Morgan fingerprint density at radius 2 is 1.83 bits per heavy atom. The summed E-state index contributed by atoms with van der Waals surface area (Å²) in [4.78, 5) is 27.7. The van der Waals surface area contributed by atoms with Crippen LogP contribution in [-0.4, -0.2) is 34.3 Å². The number of benzene rings is 2. The fourth-order valence-corrected chi connectivity index (χ4v) is 4.44. The van der Waals surface area contributed by atoms with Crippen LogP contribution in [0.3, 0.4) is 0 Å². The van der Waals surface area contributed by atoms with Crippen molar-refractivity contribution in [3.63, 3.8) is 0 Å². The van der Waals surface area contributed by atoms with Crippen LogP contribution in [0.15, 0.2) is 54.1 Å². The molecule has 1 saturated heterocycles. The molecule has 0 bridgehead atoms. The number of carbonyl (C=O) groups is 2. The predicted molar refractivity (Wildman–Crippen MR) is 110 cm³/mol. The number of Topliss-reactive ketones (excluding diaryl/α,β-unsaturated/α-hetero) is 1. The Bertz CT molecular complexity index is 993. The predicted octanol–water partition coefficient (Wildman–Crippen LogP) is 4.59. The summed E-state index contributed by atoms with van der Waals surface area (Å²) >= 11 is 0. The maximum Gasteiger partial charge on any atom is 0.295 e. The van der Waals surface area contributed by atoms with Crippen molar-refractivity contribution in [1.82, 2.24) is 4.90 Å². The maximum atomic E-state index is 13.4. The van der Waals surface area contributed by atoms with Crippen molar-refractivity contribution in [3.8, 4) is 5.75 Å². The summed E-state index contributed by atoms with van der Waals surface area (Å²) in [5.74, 6) is -1.42. The topological polar surface area (TPSA) is 66.8 Å². The maximum absolute atomic E-state index is 13.4. The largest absolute Gasteiger partial charge is 0.507 e. The van der Waals surface area contributed by atoms with Gasteiger partial charge in [-0.25, -0.2) is 4.39 Å². The zero-order chi connectivity index (χ0) is 21.3. The molecule has 156 valence electrons. The minimum Gasteiger partial charge on any atom is -0.507 e. The molecule has 0 aromatic heterocycles. The SMILES string of the molecule is CCOc1cccc(C2/C(=C(/O)c3ccc(F)cc3)C(=O)C(=O)N2C2CCCC2)c1. The summed E-state index contributed by atoms with van der Waals surface area (Å²) in [6, 6.07) is 11.7. The lowest BCUT2D eigenvalue weighted by Gasteiger charge is -2.31. The van der Waals surface area contributed by atoms with E-state index in [0.717, 1.165) is 25.7 Å². The van der Waals surface area contributed by atoms with Crippen molar-refractivity contribution >= 4 is 17.4 Å². The number of aliphatic hydroxyl groups is 1. The van der Waals surface area contributed by atoms with Gasteiger partial charge in [-0.3, -0.25) is 9.59 Å². The fourth-order valence-electron chi connectivity index (χ4n) is 4.44. The van der Waals surface area contributed by atoms with E-state index in [0.29, 0.717) is 23.5 Å². The lowest BCUT2D eigenvalue weighted by atomic mass is 9.94. The summed E-state index contributed by atoms with van der Waals surface area (Å²) in [6.07, 6.45) is 3.64. The molecule has 1 N–H and O–H groups in total. The van der Waals surface area contributed by atoms with Crippen LogP contribution in [-0.2, 0) is 9.59 Å². The van der Waals surface area contributed by atoms with Gasteiger partial charge in [0.2, 0.25) is 0 Å². The third-order valence-corrected chi connectivity index (χ3v) is 5.80. The van der Waals surface area contributed by atoms with Crippen molar-refractivity contribution < 1.29 is 23.8 Å². The number of carbonyl (C=O) groups excluding carboxylic acids is 2. The van der Waals surface area contributed by atoms with Crippen LogP contribution < -0.4 is 4.74 Å². The molecule has 1 aliphatic carbocycles. The molecule has 1 amide bonds. The molecule has 1 aliphatic heterocycles. The second-order valence-corrected chi connectivity index (χ2v) is 7.66. The number of halogens is 1. The van der Waals surface area contributed by atoms with Crippen LogP contribution in [0.1, 0.15) is 49.8 Å². The van der Waals surface area contributed by atoms with Crippen molar-refractivity contribution in [2.75, 3.05) is 6.61 Å². The zero-order valence-electron chi connectivity index (χ0n) is 16.8. The number of aliphatic hydroxyl groups excluding tert-OH is 1. The van der Waals surface area contributed by atoms with Gasteiger partial charge in [0.25, 0.3) is 11.7 Å². The number of hydrogen-bond donors (Lipinski definition) is 1. The van der Waals surface area contributed by atoms with Gasteiger partial charge in [0.1, 0.15) is 17.3 Å². The highest BCUT2D eigenvalue weighted by molar-refractivity contribution is 6.46. The second kappa shape index (κ2) is 8.30. The molecular weight excluding hydrogens is 385 g/mol. The lowest BCUT2D eigenvalue weighted by molar-refractivity contribution is -0.141. The van der Waals surface area contributed by atoms with Gasteiger partial charge < -0.3 is 14.7 Å². The summed E-state index contributed by atoms with van der Waals surface area (Å²) < 4.78 is 19.0. The number of hydrogen-bond acceptors (Lipinski definition) is 4. The summed E-state index contributed by atoms with van der Waals surface area (Å²) in [6.45, 7) is 2.37. The van der Waals surface area contributed by atoms with E-state index < -0.39 is 23.5 Å². The van der Waals surface area contributed by atoms with Crippen molar-refractivity contribution in [3.05, 3.63) is 71.0 Å². The average Bonchev–Trinajstić information content (AvgIpc) is 3.36. The van der Waals surface area contributed by atoms with Crippen LogP contribution >= 0.6 is 0 Å². The van der Waals surface area contributed by atoms with Crippen LogP contribution in [0.25, 0.3) is 5.76 Å². The first-order chi connectivity index (χ1) is 14.5. The van der Waals surface area contributed by atoms with E-state index >= 15 is 0 Å². The number of ketones is 1. The highest BCUT2D eigenvalue weighted by Crippen LogP contribution is 2.44. The third-order valence-electron chi connectivity index (χ3n) is 5.80. The van der Waals surface area contributed by atoms with E-state index in [1.165, 1.54) is 24.3 Å². The zero-order valence-corrected chi connectivity index (χ0v) is 16.8. The quantitative estimate of drug-likeness (QED) is 0.446. The van der Waals surface area contributed by atoms with Crippen molar-refractivity contribution in [2.24, 2.45) is 0 Å². The Morgan fingerprint density at radius 1 is 1.13 bits per heavy atom. The van der Waals surface area contributed by atoms with Crippen LogP contribution in [0.4, 0.5) is 4.39 Å². The number of nitrogens with zero attached hydrogens (tertiary/aromatic N) is 1. The molecule has 1 heterocycles. The molecule has 1 unspecified atom stereocenters. The fraction of sp³-hybridized carbons (Fsp3) is 0.333. The average molecular weight is 409 g/mol. The van der Waals surface area contributed by atoms with Gasteiger partial charge in [-0.05, 0) is 61.7 Å². The first-order valence-corrected chi connectivity index (χ1v) is 10.3. The van der Waals surface area contributed by atoms with Crippen LogP contribution in [0, 0.1) is 5.82 Å². The van der Waals surface area contributed by atoms with Gasteiger partial charge in [-0.15, -0.1) is 0 Å². The molecular formula is C24H24FNO4. The molecule has 2 aliphatic rings. The van der Waals surface area contributed by atoms with E-state index in [2.05, 4.69) is 0 Å². The van der Waals surface area contributed by atoms with Gasteiger partial charge in [0, 0.05) is 11.6 Å². The highest BCUT2D eigenvalue weighted by Gasteiger charge is 2.49. The Morgan fingerprint density at radius 3 is 2.50 bits per heavy atom. The summed E-state index contributed by atoms with van der Waals surface area (Å²) in [5.41, 5.74) is 1.04. The highest BCUT2D eigenvalue weighted by atomic mass is 19.1. The van der Waals surface area contributed by atoms with E-state index in [1.807, 2.05) is 25.1 Å². The van der Waals surface area contributed by atoms with Gasteiger partial charge in [-0.2, -0.15) is 0 Å². The summed E-state index contributed by atoms with van der Waals surface area (Å²) in [5, 5.41) is 11.0. The van der Waals surface area contributed by atoms with Crippen LogP contribution in [0.5, 0.6) is 5.75 Å². The van der Waals surface area contributed by atoms with E-state index in [4.69, 9.17) is 4.74 Å². The monoisotopic (exact) mass is 409 g/mol. The molecule has 0 spiro atoms. The lowest BCUT2D eigenvalue weighted by Crippen LogP contribution is -2.37.